The number of rotatable bonds is 5. The summed E-state index contributed by atoms with van der Waals surface area (Å²) < 4.78 is 25.9. The van der Waals surface area contributed by atoms with Crippen LogP contribution in [0.2, 0.25) is 5.02 Å². The molecule has 0 saturated carbocycles. The number of thiazole rings is 1. The van der Waals surface area contributed by atoms with Crippen molar-refractivity contribution in [1.82, 2.24) is 4.98 Å². The number of para-hydroxylation sites is 1. The fraction of sp³-hybridized carbons (Fsp3) is 0.0476. The fourth-order valence-corrected chi connectivity index (χ4v) is 5.04. The summed E-state index contributed by atoms with van der Waals surface area (Å²) in [5, 5.41) is 3.92. The van der Waals surface area contributed by atoms with Crippen LogP contribution in [-0.2, 0) is 14.6 Å². The van der Waals surface area contributed by atoms with Crippen molar-refractivity contribution in [3.8, 4) is 10.6 Å². The van der Waals surface area contributed by atoms with Gasteiger partial charge in [-0.1, -0.05) is 35.9 Å². The van der Waals surface area contributed by atoms with Gasteiger partial charge >= 0.3 is 0 Å². The molecule has 5 nitrogen and oxygen atoms in total. The third-order valence-corrected chi connectivity index (χ3v) is 7.15. The fourth-order valence-electron chi connectivity index (χ4n) is 2.82. The average molecular weight is 443 g/mol. The number of fused-ring (bicyclic) bond motifs is 1. The van der Waals surface area contributed by atoms with E-state index in [0.29, 0.717) is 10.7 Å². The van der Waals surface area contributed by atoms with Crippen LogP contribution >= 0.6 is 22.9 Å². The maximum absolute atomic E-state index is 12.4. The number of nitrogens with one attached hydrogen (secondary N) is 1. The molecule has 0 spiro atoms. The number of amides is 1. The molecule has 8 heteroatoms. The Kier molecular flexibility index (Phi) is 5.36. The molecule has 4 rings (SSSR count). The zero-order valence-electron chi connectivity index (χ0n) is 15.0. The summed E-state index contributed by atoms with van der Waals surface area (Å²) >= 11 is 7.34. The van der Waals surface area contributed by atoms with Crippen LogP contribution in [0.5, 0.6) is 0 Å². The third-order valence-electron chi connectivity index (χ3n) is 4.18. The first-order chi connectivity index (χ1) is 13.9. The zero-order chi connectivity index (χ0) is 20.4. The van der Waals surface area contributed by atoms with E-state index in [9.17, 15) is 13.2 Å². The second-order valence-electron chi connectivity index (χ2n) is 6.33. The monoisotopic (exact) mass is 442 g/mol. The lowest BCUT2D eigenvalue weighted by Crippen LogP contribution is -2.23. The van der Waals surface area contributed by atoms with E-state index < -0.39 is 21.5 Å². The number of anilines is 1. The second-order valence-corrected chi connectivity index (χ2v) is 9.79. The SMILES string of the molecule is O=C(CS(=O)(=O)c1ccc(Cl)cc1)Nc1cccc(-c2nc3ccccc3s2)c1. The van der Waals surface area contributed by atoms with Crippen LogP contribution in [0.4, 0.5) is 5.69 Å². The van der Waals surface area contributed by atoms with Crippen LogP contribution in [0.3, 0.4) is 0 Å². The molecule has 1 heterocycles. The van der Waals surface area contributed by atoms with E-state index in [1.165, 1.54) is 24.3 Å². The first-order valence-electron chi connectivity index (χ1n) is 8.65. The first kappa shape index (κ1) is 19.6. The van der Waals surface area contributed by atoms with Gasteiger partial charge in [-0.15, -0.1) is 11.3 Å². The molecule has 146 valence electrons. The minimum Gasteiger partial charge on any atom is -0.325 e. The predicted molar refractivity (Wildman–Crippen MR) is 117 cm³/mol. The van der Waals surface area contributed by atoms with Crippen molar-refractivity contribution in [2.75, 3.05) is 11.1 Å². The van der Waals surface area contributed by atoms with Gasteiger partial charge in [-0.25, -0.2) is 13.4 Å². The molecule has 1 amide bonds. The quantitative estimate of drug-likeness (QED) is 0.470. The molecule has 0 atom stereocenters. The van der Waals surface area contributed by atoms with Crippen molar-refractivity contribution in [3.05, 3.63) is 77.8 Å². The van der Waals surface area contributed by atoms with Crippen molar-refractivity contribution in [3.63, 3.8) is 0 Å². The van der Waals surface area contributed by atoms with Crippen LogP contribution in [-0.4, -0.2) is 25.1 Å². The van der Waals surface area contributed by atoms with Gasteiger partial charge in [0.2, 0.25) is 5.91 Å². The lowest BCUT2D eigenvalue weighted by Gasteiger charge is -2.08. The van der Waals surface area contributed by atoms with E-state index in [0.717, 1.165) is 20.8 Å². The molecule has 3 aromatic carbocycles. The lowest BCUT2D eigenvalue weighted by molar-refractivity contribution is -0.113. The average Bonchev–Trinajstić information content (AvgIpc) is 3.12. The van der Waals surface area contributed by atoms with Crippen LogP contribution < -0.4 is 5.32 Å². The van der Waals surface area contributed by atoms with Gasteiger partial charge in [0.15, 0.2) is 9.84 Å². The Morgan fingerprint density at radius 1 is 1.00 bits per heavy atom. The maximum Gasteiger partial charge on any atom is 0.239 e. The molecule has 1 N–H and O–H groups in total. The van der Waals surface area contributed by atoms with Gasteiger partial charge in [-0.05, 0) is 48.5 Å². The molecule has 1 aromatic heterocycles. The number of nitrogens with zero attached hydrogens (tertiary/aromatic N) is 1. The Morgan fingerprint density at radius 3 is 2.52 bits per heavy atom. The topological polar surface area (TPSA) is 76.1 Å². The van der Waals surface area contributed by atoms with E-state index in [2.05, 4.69) is 10.3 Å². The van der Waals surface area contributed by atoms with Crippen molar-refractivity contribution in [1.29, 1.82) is 0 Å². The molecule has 29 heavy (non-hydrogen) atoms. The Labute approximate surface area is 176 Å². The van der Waals surface area contributed by atoms with Gasteiger partial charge in [0.1, 0.15) is 10.8 Å². The highest BCUT2D eigenvalue weighted by atomic mass is 35.5. The summed E-state index contributed by atoms with van der Waals surface area (Å²) in [5.41, 5.74) is 2.28. The number of carbonyl (C=O) groups excluding carboxylic acids is 1. The number of benzene rings is 3. The van der Waals surface area contributed by atoms with Crippen molar-refractivity contribution in [2.45, 2.75) is 4.90 Å². The summed E-state index contributed by atoms with van der Waals surface area (Å²) in [5.74, 6) is -1.26. The van der Waals surface area contributed by atoms with Crippen LogP contribution in [0.1, 0.15) is 0 Å². The summed E-state index contributed by atoms with van der Waals surface area (Å²) in [6.45, 7) is 0. The van der Waals surface area contributed by atoms with Crippen LogP contribution in [0, 0.1) is 0 Å². The molecule has 0 aliphatic heterocycles. The van der Waals surface area contributed by atoms with Crippen molar-refractivity contribution >= 4 is 54.6 Å². The molecule has 0 fully saturated rings. The Hall–Kier alpha value is -2.74. The van der Waals surface area contributed by atoms with Gasteiger partial charge in [0.25, 0.3) is 0 Å². The zero-order valence-corrected chi connectivity index (χ0v) is 17.4. The largest absolute Gasteiger partial charge is 0.325 e. The molecule has 0 aliphatic carbocycles. The van der Waals surface area contributed by atoms with Gasteiger partial charge in [0, 0.05) is 16.3 Å². The van der Waals surface area contributed by atoms with E-state index in [-0.39, 0.29) is 4.90 Å². The normalized spacial score (nSPS) is 11.5. The number of hydrogen-bond acceptors (Lipinski definition) is 5. The highest BCUT2D eigenvalue weighted by Crippen LogP contribution is 2.31. The molecule has 0 aliphatic rings. The van der Waals surface area contributed by atoms with Crippen molar-refractivity contribution in [2.24, 2.45) is 0 Å². The van der Waals surface area contributed by atoms with E-state index in [4.69, 9.17) is 11.6 Å². The van der Waals surface area contributed by atoms with Gasteiger partial charge in [-0.3, -0.25) is 4.79 Å². The van der Waals surface area contributed by atoms with Crippen LogP contribution in [0.25, 0.3) is 20.8 Å². The van der Waals surface area contributed by atoms with E-state index in [1.807, 2.05) is 30.3 Å². The lowest BCUT2D eigenvalue weighted by atomic mass is 10.2. The third kappa shape index (κ3) is 4.48. The standard InChI is InChI=1S/C21H15ClN2O3S2/c22-15-8-10-17(11-9-15)29(26,27)13-20(25)23-16-5-3-4-14(12-16)21-24-18-6-1-2-7-19(18)28-21/h1-12H,13H2,(H,23,25). The minimum absolute atomic E-state index is 0.0558. The predicted octanol–water partition coefficient (Wildman–Crippen LogP) is 5.03. The number of halogens is 1. The maximum atomic E-state index is 12.4. The number of aromatic nitrogens is 1. The molecule has 0 saturated heterocycles. The van der Waals surface area contributed by atoms with E-state index in [1.54, 1.807) is 29.5 Å². The Bertz CT molecular complexity index is 1270. The van der Waals surface area contributed by atoms with Crippen molar-refractivity contribution < 1.29 is 13.2 Å². The molecule has 4 aromatic rings. The summed E-state index contributed by atoms with van der Waals surface area (Å²) in [7, 11) is -3.76. The van der Waals surface area contributed by atoms with E-state index >= 15 is 0 Å². The molecular weight excluding hydrogens is 428 g/mol. The Morgan fingerprint density at radius 2 is 1.76 bits per heavy atom. The first-order valence-corrected chi connectivity index (χ1v) is 11.5. The molecule has 0 unspecified atom stereocenters. The minimum atomic E-state index is -3.76. The van der Waals surface area contributed by atoms with Gasteiger partial charge in [-0.2, -0.15) is 0 Å². The smallest absolute Gasteiger partial charge is 0.239 e. The van der Waals surface area contributed by atoms with Crippen LogP contribution in [0.15, 0.2) is 77.7 Å². The van der Waals surface area contributed by atoms with Gasteiger partial charge < -0.3 is 5.32 Å². The molecule has 0 radical (unpaired) electrons. The second kappa shape index (κ2) is 7.94. The van der Waals surface area contributed by atoms with Gasteiger partial charge in [0.05, 0.1) is 15.1 Å². The number of hydrogen-bond donors (Lipinski definition) is 1. The molecular formula is C21H15ClN2O3S2. The summed E-state index contributed by atoms with van der Waals surface area (Å²) in [4.78, 5) is 17.0. The molecule has 0 bridgehead atoms. The highest BCUT2D eigenvalue weighted by molar-refractivity contribution is 7.92. The highest BCUT2D eigenvalue weighted by Gasteiger charge is 2.19. The Balaban J connectivity index is 1.51. The summed E-state index contributed by atoms with van der Waals surface area (Å²) in [6.07, 6.45) is 0. The summed E-state index contributed by atoms with van der Waals surface area (Å²) in [6, 6.07) is 20.8. The number of carbonyl (C=O) groups is 1. The number of sulfone groups is 1.